The van der Waals surface area contributed by atoms with E-state index in [-0.39, 0.29) is 43.3 Å². The van der Waals surface area contributed by atoms with Crippen molar-refractivity contribution in [3.8, 4) is 22.6 Å². The fraction of sp³-hybridized carbons (Fsp3) is 0.493. The lowest BCUT2D eigenvalue weighted by molar-refractivity contribution is 0.411. The van der Waals surface area contributed by atoms with Gasteiger partial charge in [-0.05, 0) is 149 Å². The fourth-order valence-corrected chi connectivity index (χ4v) is 14.1. The summed E-state index contributed by atoms with van der Waals surface area (Å²) >= 11 is 0. The zero-order valence-corrected chi connectivity index (χ0v) is 54.0. The van der Waals surface area contributed by atoms with E-state index in [0.717, 1.165) is 27.9 Å². The Morgan fingerprint density at radius 3 is 1.00 bits per heavy atom. The highest BCUT2D eigenvalue weighted by molar-refractivity contribution is 7.80. The van der Waals surface area contributed by atoms with E-state index in [1.807, 2.05) is 14.2 Å². The first-order chi connectivity index (χ1) is 34.0. The highest BCUT2D eigenvalue weighted by atomic mass is 31.1. The van der Waals surface area contributed by atoms with Gasteiger partial charge in [0, 0.05) is 11.1 Å². The summed E-state index contributed by atoms with van der Waals surface area (Å²) in [5, 5.41) is 7.46. The van der Waals surface area contributed by atoms with Crippen molar-refractivity contribution in [3.05, 3.63) is 160 Å². The van der Waals surface area contributed by atoms with Gasteiger partial charge in [0.2, 0.25) is 0 Å². The summed E-state index contributed by atoms with van der Waals surface area (Å²) in [6.45, 7) is 63.7. The number of hydrogen-bond donors (Lipinski definition) is 0. The molecule has 0 spiro atoms. The van der Waals surface area contributed by atoms with Crippen molar-refractivity contribution in [1.29, 1.82) is 0 Å². The molecular weight excluding hydrogens is 947 g/mol. The molecule has 1 atom stereocenters. The van der Waals surface area contributed by atoms with Gasteiger partial charge >= 0.3 is 0 Å². The number of methoxy groups -OCH3 is 2. The second-order valence-corrected chi connectivity index (χ2v) is 34.0. The van der Waals surface area contributed by atoms with Crippen LogP contribution in [0.25, 0.3) is 11.1 Å². The average Bonchev–Trinajstić information content (AvgIpc) is 3.26. The Morgan fingerprint density at radius 2 is 0.707 bits per heavy atom. The molecule has 0 aliphatic carbocycles. The molecule has 0 radical (unpaired) electrons. The third kappa shape index (κ3) is 14.7. The van der Waals surface area contributed by atoms with Gasteiger partial charge in [0.05, 0.1) is 14.2 Å². The third-order valence-corrected chi connectivity index (χ3v) is 19.7. The van der Waals surface area contributed by atoms with Gasteiger partial charge in [-0.1, -0.05) is 269 Å². The maximum absolute atomic E-state index is 6.71. The topological polar surface area (TPSA) is 18.5 Å². The Labute approximate surface area is 462 Å². The molecule has 1 unspecified atom stereocenters. The average molecular weight is 1050 g/mol. The number of ether oxygens (including phenoxy) is 2. The molecule has 4 heteroatoms. The Balaban J connectivity index is 2.13. The van der Waals surface area contributed by atoms with Crippen LogP contribution in [-0.4, -0.2) is 14.2 Å². The van der Waals surface area contributed by atoms with Crippen LogP contribution in [0.2, 0.25) is 0 Å². The molecule has 0 aliphatic heterocycles. The Kier molecular flexibility index (Phi) is 18.0. The second-order valence-electron chi connectivity index (χ2n) is 29.6. The number of benzene rings is 5. The molecule has 0 amide bonds. The van der Waals surface area contributed by atoms with Crippen molar-refractivity contribution in [2.45, 2.75) is 206 Å². The van der Waals surface area contributed by atoms with Gasteiger partial charge in [-0.3, -0.25) is 0 Å². The van der Waals surface area contributed by atoms with Crippen molar-refractivity contribution >= 4 is 42.4 Å². The van der Waals surface area contributed by atoms with Crippen molar-refractivity contribution in [2.75, 3.05) is 14.2 Å². The predicted molar refractivity (Wildman–Crippen MR) is 338 cm³/mol. The van der Waals surface area contributed by atoms with Crippen molar-refractivity contribution < 1.29 is 9.47 Å². The number of rotatable bonds is 11. The van der Waals surface area contributed by atoms with E-state index in [4.69, 9.17) is 16.1 Å². The molecule has 75 heavy (non-hydrogen) atoms. The van der Waals surface area contributed by atoms with Gasteiger partial charge in [-0.15, -0.1) is 0 Å². The first kappa shape index (κ1) is 61.6. The van der Waals surface area contributed by atoms with Crippen LogP contribution in [-0.2, 0) is 32.5 Å². The Morgan fingerprint density at radius 1 is 0.400 bits per heavy atom. The minimum Gasteiger partial charge on any atom is -0.496 e. The van der Waals surface area contributed by atoms with Gasteiger partial charge in [0.25, 0.3) is 0 Å². The standard InChI is InChI=1S/C71H100O2P2/c1-46(64(3,4)5)35-48(65(6,7)8)36-47(2)74(55-40-49(66(9,10)11)37-50(41-55)67(12,13)14)60-33-29-31-58(72-27)62(60)63-59(73-28)32-30-34-61(63)75(56-42-51(68(15,16)17)38-52(43-56)69(18,19)20)57-44-53(70(21,22)23)39-54(45-57)71(24,25)26/h29-45H,2H2,1,3-28H3/b46-35+,48-36+. The zero-order chi connectivity index (χ0) is 57.0. The minimum atomic E-state index is -1.31. The molecule has 0 aromatic heterocycles. The molecule has 0 aliphatic rings. The van der Waals surface area contributed by atoms with Crippen molar-refractivity contribution in [2.24, 2.45) is 10.8 Å². The van der Waals surface area contributed by atoms with Crippen molar-refractivity contribution in [3.63, 3.8) is 0 Å². The van der Waals surface area contributed by atoms with Crippen LogP contribution in [0.1, 0.15) is 206 Å². The van der Waals surface area contributed by atoms with E-state index in [2.05, 4.69) is 276 Å². The molecule has 5 rings (SSSR count). The first-order valence-electron chi connectivity index (χ1n) is 27.5. The third-order valence-electron chi connectivity index (χ3n) is 14.9. The maximum Gasteiger partial charge on any atom is 0.127 e. The number of hydrogen-bond acceptors (Lipinski definition) is 2. The molecule has 2 nitrogen and oxygen atoms in total. The second kappa shape index (κ2) is 21.9. The summed E-state index contributed by atoms with van der Waals surface area (Å²) in [4.78, 5) is 0. The molecule has 406 valence electrons. The SMILES string of the molecule is C=C(/C=C(\C=C(/C)C(C)(C)C)C(C)(C)C)P(c1cc(C(C)(C)C)cc(C(C)(C)C)c1)c1cccc(OC)c1-c1c(OC)cccc1P(c1cc(C(C)(C)C)cc(C(C)(C)C)c1)c1cc(C(C)(C)C)cc(C(C)(C)C)c1. The summed E-state index contributed by atoms with van der Waals surface area (Å²) < 4.78 is 13.4. The van der Waals surface area contributed by atoms with Crippen LogP contribution >= 0.6 is 15.8 Å². The predicted octanol–water partition coefficient (Wildman–Crippen LogP) is 18.8. The molecule has 0 bridgehead atoms. The first-order valence-corrected chi connectivity index (χ1v) is 30.2. The van der Waals surface area contributed by atoms with E-state index in [0.29, 0.717) is 0 Å². The van der Waals surface area contributed by atoms with Crippen LogP contribution in [0.4, 0.5) is 0 Å². The Hall–Kier alpha value is -4.22. The Bertz CT molecular complexity index is 2760. The van der Waals surface area contributed by atoms with Crippen LogP contribution in [0, 0.1) is 10.8 Å². The summed E-state index contributed by atoms with van der Waals surface area (Å²) in [5.41, 5.74) is 12.1. The van der Waals surface area contributed by atoms with Gasteiger partial charge in [0.1, 0.15) is 11.5 Å². The van der Waals surface area contributed by atoms with Crippen molar-refractivity contribution in [1.82, 2.24) is 0 Å². The molecule has 0 saturated carbocycles. The van der Waals surface area contributed by atoms with E-state index in [9.17, 15) is 0 Å². The zero-order valence-electron chi connectivity index (χ0n) is 52.2. The smallest absolute Gasteiger partial charge is 0.127 e. The van der Waals surface area contributed by atoms with E-state index in [1.54, 1.807) is 0 Å². The lowest BCUT2D eigenvalue weighted by Gasteiger charge is -2.33. The van der Waals surface area contributed by atoms with Crippen LogP contribution in [0.15, 0.2) is 126 Å². The minimum absolute atomic E-state index is 0.0116. The molecule has 0 saturated heterocycles. The molecule has 5 aromatic carbocycles. The lowest BCUT2D eigenvalue weighted by Crippen LogP contribution is -2.29. The number of allylic oxidation sites excluding steroid dienone is 5. The van der Waals surface area contributed by atoms with E-state index < -0.39 is 15.8 Å². The van der Waals surface area contributed by atoms with Gasteiger partial charge in [-0.25, -0.2) is 0 Å². The van der Waals surface area contributed by atoms with Crippen LogP contribution in [0.3, 0.4) is 0 Å². The van der Waals surface area contributed by atoms with Crippen LogP contribution in [0.5, 0.6) is 11.5 Å². The summed E-state index contributed by atoms with van der Waals surface area (Å²) in [5.74, 6) is 1.64. The van der Waals surface area contributed by atoms with E-state index >= 15 is 0 Å². The summed E-state index contributed by atoms with van der Waals surface area (Å²) in [7, 11) is 1.11. The maximum atomic E-state index is 6.71. The quantitative estimate of drug-likeness (QED) is 0.0969. The molecule has 5 aromatic rings. The van der Waals surface area contributed by atoms with Gasteiger partial charge in [0.15, 0.2) is 0 Å². The molecule has 0 heterocycles. The highest BCUT2D eigenvalue weighted by Crippen LogP contribution is 2.53. The highest BCUT2D eigenvalue weighted by Gasteiger charge is 2.35. The largest absolute Gasteiger partial charge is 0.496 e. The van der Waals surface area contributed by atoms with Gasteiger partial charge < -0.3 is 9.47 Å². The lowest BCUT2D eigenvalue weighted by atomic mass is 9.80. The monoisotopic (exact) mass is 1050 g/mol. The normalized spacial score (nSPS) is 14.3. The van der Waals surface area contributed by atoms with Gasteiger partial charge in [-0.2, -0.15) is 0 Å². The summed E-state index contributed by atoms with van der Waals surface area (Å²) in [6, 6.07) is 35.9. The molecular formula is C71H100O2P2. The molecule has 0 fully saturated rings. The van der Waals surface area contributed by atoms with E-state index in [1.165, 1.54) is 71.0 Å². The summed E-state index contributed by atoms with van der Waals surface area (Å²) in [6.07, 6.45) is 4.86. The van der Waals surface area contributed by atoms with Crippen LogP contribution < -0.4 is 36.0 Å². The fourth-order valence-electron chi connectivity index (χ4n) is 9.13. The molecule has 0 N–H and O–H groups in total.